The molecule has 5 nitrogen and oxygen atoms in total. The van der Waals surface area contributed by atoms with Gasteiger partial charge in [-0.25, -0.2) is 4.98 Å². The van der Waals surface area contributed by atoms with Gasteiger partial charge in [0.2, 0.25) is 0 Å². The van der Waals surface area contributed by atoms with Gasteiger partial charge in [0.1, 0.15) is 5.82 Å². The second-order valence-electron chi connectivity index (χ2n) is 8.97. The first kappa shape index (κ1) is 26.8. The zero-order valence-corrected chi connectivity index (χ0v) is 20.5. The number of hydrogen-bond donors (Lipinski definition) is 3. The monoisotopic (exact) mass is 554 g/mol. The van der Waals surface area contributed by atoms with E-state index in [2.05, 4.69) is 20.6 Å². The third-order valence-corrected chi connectivity index (χ3v) is 6.15. The van der Waals surface area contributed by atoms with Gasteiger partial charge in [0.05, 0.1) is 22.2 Å². The summed E-state index contributed by atoms with van der Waals surface area (Å²) in [5.74, 6) is 0.0303. The van der Waals surface area contributed by atoms with E-state index in [1.807, 2.05) is 24.3 Å². The Morgan fingerprint density at radius 2 is 1.30 bits per heavy atom. The van der Waals surface area contributed by atoms with Crippen LogP contribution in [0.3, 0.4) is 0 Å². The number of alkyl halides is 6. The molecule has 1 aromatic heterocycles. The predicted octanol–water partition coefficient (Wildman–Crippen LogP) is 8.13. The number of aromatic amines is 1. The van der Waals surface area contributed by atoms with Crippen LogP contribution in [0, 0.1) is 0 Å². The molecule has 0 saturated carbocycles. The molecule has 204 valence electrons. The Balaban J connectivity index is 1.23. The van der Waals surface area contributed by atoms with Crippen molar-refractivity contribution in [3.05, 3.63) is 113 Å². The van der Waals surface area contributed by atoms with Crippen LogP contribution in [0.15, 0.2) is 91.0 Å². The van der Waals surface area contributed by atoms with Crippen molar-refractivity contribution in [2.75, 3.05) is 10.6 Å². The maximum Gasteiger partial charge on any atom is 0.416 e. The highest BCUT2D eigenvalue weighted by Crippen LogP contribution is 2.30. The predicted molar refractivity (Wildman–Crippen MR) is 140 cm³/mol. The normalized spacial score (nSPS) is 11.9. The van der Waals surface area contributed by atoms with E-state index in [9.17, 15) is 31.1 Å². The summed E-state index contributed by atoms with van der Waals surface area (Å²) in [4.78, 5) is 20.2. The van der Waals surface area contributed by atoms with Gasteiger partial charge in [-0.05, 0) is 84.4 Å². The van der Waals surface area contributed by atoms with Crippen LogP contribution in [0.2, 0.25) is 0 Å². The van der Waals surface area contributed by atoms with E-state index < -0.39 is 29.4 Å². The van der Waals surface area contributed by atoms with Crippen LogP contribution in [-0.2, 0) is 18.9 Å². The maximum atomic E-state index is 12.8. The lowest BCUT2D eigenvalue weighted by Crippen LogP contribution is -2.12. The number of nitrogens with one attached hydrogen (secondary N) is 3. The maximum absolute atomic E-state index is 12.8. The van der Waals surface area contributed by atoms with E-state index in [0.29, 0.717) is 34.7 Å². The van der Waals surface area contributed by atoms with E-state index in [1.54, 1.807) is 18.2 Å². The molecule has 40 heavy (non-hydrogen) atoms. The van der Waals surface area contributed by atoms with Crippen molar-refractivity contribution >= 4 is 28.3 Å². The summed E-state index contributed by atoms with van der Waals surface area (Å²) in [6.07, 6.45) is -8.85. The third-order valence-electron chi connectivity index (χ3n) is 6.15. The van der Waals surface area contributed by atoms with E-state index in [1.165, 1.54) is 12.1 Å². The average molecular weight is 554 g/mol. The first-order chi connectivity index (χ1) is 19.0. The fourth-order valence-corrected chi connectivity index (χ4v) is 4.00. The highest BCUT2D eigenvalue weighted by Gasteiger charge is 2.30. The molecule has 0 saturated heterocycles. The molecule has 3 N–H and O–H groups in total. The molecule has 0 spiro atoms. The van der Waals surface area contributed by atoms with Crippen molar-refractivity contribution in [2.24, 2.45) is 0 Å². The van der Waals surface area contributed by atoms with E-state index in [0.717, 1.165) is 47.6 Å². The van der Waals surface area contributed by atoms with Crippen LogP contribution < -0.4 is 10.6 Å². The van der Waals surface area contributed by atoms with Gasteiger partial charge in [0.25, 0.3) is 5.91 Å². The Labute approximate surface area is 223 Å². The van der Waals surface area contributed by atoms with Gasteiger partial charge >= 0.3 is 12.4 Å². The number of benzene rings is 4. The molecule has 0 aliphatic rings. The highest BCUT2D eigenvalue weighted by molar-refractivity contribution is 6.05. The molecule has 0 radical (unpaired) electrons. The van der Waals surface area contributed by atoms with Crippen LogP contribution >= 0.6 is 0 Å². The SMILES string of the molecule is O=C(Nc1ccc2nc(-c3ccc(NCc4ccc(C(F)(F)F)cc4)cc3)[nH]c2c1)c1ccc(C(F)(F)F)cc1. The zero-order valence-electron chi connectivity index (χ0n) is 20.5. The van der Waals surface area contributed by atoms with Crippen molar-refractivity contribution in [3.63, 3.8) is 0 Å². The molecule has 0 atom stereocenters. The molecular formula is C29H20F6N4O. The van der Waals surface area contributed by atoms with Gasteiger partial charge in [-0.2, -0.15) is 26.3 Å². The second kappa shape index (κ2) is 10.4. The lowest BCUT2D eigenvalue weighted by atomic mass is 10.1. The number of halogens is 6. The van der Waals surface area contributed by atoms with Crippen molar-refractivity contribution in [1.82, 2.24) is 9.97 Å². The molecule has 5 rings (SSSR count). The minimum atomic E-state index is -4.48. The summed E-state index contributed by atoms with van der Waals surface area (Å²) in [5.41, 5.74) is 2.55. The van der Waals surface area contributed by atoms with Crippen LogP contribution in [0.25, 0.3) is 22.4 Å². The second-order valence-corrected chi connectivity index (χ2v) is 8.97. The fourth-order valence-electron chi connectivity index (χ4n) is 4.00. The molecule has 0 fully saturated rings. The number of carbonyl (C=O) groups is 1. The molecule has 0 unspecified atom stereocenters. The standard InChI is InChI=1S/C29H20F6N4O/c30-28(31,32)20-7-1-17(2-8-20)16-36-22-11-5-18(6-12-22)26-38-24-14-13-23(15-25(24)39-26)37-27(40)19-3-9-21(10-4-19)29(33,34)35/h1-15,36H,16H2,(H,37,40)(H,38,39). The quantitative estimate of drug-likeness (QED) is 0.186. The molecular weight excluding hydrogens is 534 g/mol. The van der Waals surface area contributed by atoms with Crippen molar-refractivity contribution < 1.29 is 31.1 Å². The Morgan fingerprint density at radius 3 is 1.90 bits per heavy atom. The first-order valence-electron chi connectivity index (χ1n) is 11.9. The minimum absolute atomic E-state index is 0.0883. The number of carbonyl (C=O) groups excluding carboxylic acids is 1. The molecule has 1 amide bonds. The number of hydrogen-bond acceptors (Lipinski definition) is 3. The van der Waals surface area contributed by atoms with Gasteiger partial charge in [0, 0.05) is 29.0 Å². The molecule has 0 aliphatic heterocycles. The average Bonchev–Trinajstić information content (AvgIpc) is 3.35. The van der Waals surface area contributed by atoms with Crippen LogP contribution in [0.4, 0.5) is 37.7 Å². The molecule has 5 aromatic rings. The van der Waals surface area contributed by atoms with Crippen LogP contribution in [-0.4, -0.2) is 15.9 Å². The first-order valence-corrected chi connectivity index (χ1v) is 11.9. The number of nitrogens with zero attached hydrogens (tertiary/aromatic N) is 1. The van der Waals surface area contributed by atoms with E-state index >= 15 is 0 Å². The minimum Gasteiger partial charge on any atom is -0.381 e. The zero-order chi connectivity index (χ0) is 28.5. The van der Waals surface area contributed by atoms with Gasteiger partial charge in [0.15, 0.2) is 0 Å². The van der Waals surface area contributed by atoms with E-state index in [4.69, 9.17) is 0 Å². The number of rotatable bonds is 6. The topological polar surface area (TPSA) is 69.8 Å². The smallest absolute Gasteiger partial charge is 0.381 e. The Morgan fingerprint density at radius 1 is 0.725 bits per heavy atom. The highest BCUT2D eigenvalue weighted by atomic mass is 19.4. The summed E-state index contributed by atoms with van der Waals surface area (Å²) in [7, 11) is 0. The van der Waals surface area contributed by atoms with Crippen LogP contribution in [0.1, 0.15) is 27.0 Å². The van der Waals surface area contributed by atoms with Gasteiger partial charge in [-0.1, -0.05) is 12.1 Å². The number of H-pyrrole nitrogens is 1. The number of imidazole rings is 1. The fraction of sp³-hybridized carbons (Fsp3) is 0.103. The molecule has 0 bridgehead atoms. The number of fused-ring (bicyclic) bond motifs is 1. The van der Waals surface area contributed by atoms with Gasteiger partial charge in [-0.15, -0.1) is 0 Å². The van der Waals surface area contributed by atoms with Gasteiger partial charge < -0.3 is 15.6 Å². The molecule has 11 heteroatoms. The number of amides is 1. The van der Waals surface area contributed by atoms with Crippen molar-refractivity contribution in [1.29, 1.82) is 0 Å². The lowest BCUT2D eigenvalue weighted by molar-refractivity contribution is -0.138. The molecule has 1 heterocycles. The molecule has 0 aliphatic carbocycles. The van der Waals surface area contributed by atoms with E-state index in [-0.39, 0.29) is 5.56 Å². The van der Waals surface area contributed by atoms with Gasteiger partial charge in [-0.3, -0.25) is 4.79 Å². The largest absolute Gasteiger partial charge is 0.416 e. The molecule has 4 aromatic carbocycles. The van der Waals surface area contributed by atoms with Crippen molar-refractivity contribution in [3.8, 4) is 11.4 Å². The Kier molecular flexibility index (Phi) is 6.97. The summed E-state index contributed by atoms with van der Waals surface area (Å²) in [6, 6.07) is 21.2. The number of anilines is 2. The summed E-state index contributed by atoms with van der Waals surface area (Å²) in [6.45, 7) is 0.350. The third kappa shape index (κ3) is 6.09. The summed E-state index contributed by atoms with van der Waals surface area (Å²) < 4.78 is 76.4. The Hall–Kier alpha value is -4.80. The Bertz CT molecular complexity index is 1640. The lowest BCUT2D eigenvalue weighted by Gasteiger charge is -2.09. The summed E-state index contributed by atoms with van der Waals surface area (Å²) >= 11 is 0. The van der Waals surface area contributed by atoms with Crippen molar-refractivity contribution in [2.45, 2.75) is 18.9 Å². The van der Waals surface area contributed by atoms with Crippen LogP contribution in [0.5, 0.6) is 0 Å². The summed E-state index contributed by atoms with van der Waals surface area (Å²) in [5, 5.41) is 5.84. The number of aromatic nitrogens is 2.